The smallest absolute Gasteiger partial charge is 0.307 e. The van der Waals surface area contributed by atoms with E-state index in [0.717, 1.165) is 4.90 Å². The van der Waals surface area contributed by atoms with E-state index in [-0.39, 0.29) is 18.0 Å². The lowest BCUT2D eigenvalue weighted by Crippen LogP contribution is -2.30. The van der Waals surface area contributed by atoms with E-state index in [0.29, 0.717) is 17.0 Å². The predicted octanol–water partition coefficient (Wildman–Crippen LogP) is 4.08. The first-order valence-corrected chi connectivity index (χ1v) is 9.33. The van der Waals surface area contributed by atoms with Crippen molar-refractivity contribution in [3.05, 3.63) is 59.9 Å². The zero-order chi connectivity index (χ0) is 19.8. The van der Waals surface area contributed by atoms with E-state index in [4.69, 9.17) is 4.74 Å². The Bertz CT molecular complexity index is 823. The van der Waals surface area contributed by atoms with E-state index < -0.39 is 18.0 Å². The molecule has 0 aliphatic heterocycles. The van der Waals surface area contributed by atoms with Gasteiger partial charge < -0.3 is 10.1 Å². The van der Waals surface area contributed by atoms with Crippen molar-refractivity contribution < 1.29 is 23.5 Å². The highest BCUT2D eigenvalue weighted by molar-refractivity contribution is 7.99. The molecule has 5 nitrogen and oxygen atoms in total. The van der Waals surface area contributed by atoms with Gasteiger partial charge in [0.25, 0.3) is 5.91 Å². The summed E-state index contributed by atoms with van der Waals surface area (Å²) in [6, 6.07) is 12.5. The molecule has 0 aromatic heterocycles. The number of ketones is 1. The number of nitrogens with one attached hydrogen (secondary N) is 1. The Morgan fingerprint density at radius 2 is 1.85 bits per heavy atom. The largest absolute Gasteiger partial charge is 0.453 e. The fourth-order valence-corrected chi connectivity index (χ4v) is 2.99. The van der Waals surface area contributed by atoms with E-state index in [1.54, 1.807) is 36.4 Å². The number of anilines is 1. The molecule has 1 amide bonds. The van der Waals surface area contributed by atoms with Crippen LogP contribution in [0.2, 0.25) is 0 Å². The SMILES string of the molecule is CC(=O)c1cccc(NC(=O)[C@@H](C)OC(=O)CCSc2ccc(F)cc2)c1. The van der Waals surface area contributed by atoms with E-state index in [2.05, 4.69) is 5.32 Å². The van der Waals surface area contributed by atoms with Crippen molar-refractivity contribution in [1.82, 2.24) is 0 Å². The van der Waals surface area contributed by atoms with E-state index in [9.17, 15) is 18.8 Å². The summed E-state index contributed by atoms with van der Waals surface area (Å²) in [5.74, 6) is -0.934. The molecular formula is C20H20FNO4S. The lowest BCUT2D eigenvalue weighted by Gasteiger charge is -2.14. The van der Waals surface area contributed by atoms with Crippen LogP contribution in [-0.4, -0.2) is 29.5 Å². The molecule has 0 saturated heterocycles. The second-order valence-corrected chi connectivity index (χ2v) is 6.98. The Labute approximate surface area is 161 Å². The van der Waals surface area contributed by atoms with Crippen LogP contribution in [-0.2, 0) is 14.3 Å². The lowest BCUT2D eigenvalue weighted by atomic mass is 10.1. The van der Waals surface area contributed by atoms with E-state index in [1.165, 1.54) is 37.7 Å². The van der Waals surface area contributed by atoms with Crippen molar-refractivity contribution in [3.63, 3.8) is 0 Å². The predicted molar refractivity (Wildman–Crippen MR) is 102 cm³/mol. The van der Waals surface area contributed by atoms with Crippen molar-refractivity contribution >= 4 is 35.1 Å². The Kier molecular flexibility index (Phi) is 7.55. The van der Waals surface area contributed by atoms with Crippen molar-refractivity contribution in [3.8, 4) is 0 Å². The summed E-state index contributed by atoms with van der Waals surface area (Å²) in [7, 11) is 0. The highest BCUT2D eigenvalue weighted by Gasteiger charge is 2.18. The van der Waals surface area contributed by atoms with Gasteiger partial charge in [-0.05, 0) is 50.2 Å². The molecule has 27 heavy (non-hydrogen) atoms. The highest BCUT2D eigenvalue weighted by atomic mass is 32.2. The van der Waals surface area contributed by atoms with Crippen molar-refractivity contribution in [1.29, 1.82) is 0 Å². The molecule has 2 rings (SSSR count). The Hall–Kier alpha value is -2.67. The number of halogens is 1. The number of carbonyl (C=O) groups is 3. The van der Waals surface area contributed by atoms with Gasteiger partial charge in [-0.15, -0.1) is 11.8 Å². The molecule has 0 radical (unpaired) electrons. The summed E-state index contributed by atoms with van der Waals surface area (Å²) in [6.45, 7) is 2.92. The fraction of sp³-hybridized carbons (Fsp3) is 0.250. The van der Waals surface area contributed by atoms with Gasteiger partial charge in [0.05, 0.1) is 6.42 Å². The van der Waals surface area contributed by atoms with Crippen LogP contribution in [0.15, 0.2) is 53.4 Å². The summed E-state index contributed by atoms with van der Waals surface area (Å²) < 4.78 is 18.0. The molecule has 2 aromatic carbocycles. The molecule has 2 aromatic rings. The topological polar surface area (TPSA) is 72.5 Å². The number of esters is 1. The van der Waals surface area contributed by atoms with E-state index in [1.807, 2.05) is 0 Å². The molecular weight excluding hydrogens is 369 g/mol. The zero-order valence-corrected chi connectivity index (χ0v) is 15.8. The normalized spacial score (nSPS) is 11.5. The summed E-state index contributed by atoms with van der Waals surface area (Å²) in [5.41, 5.74) is 0.942. The molecule has 0 aliphatic carbocycles. The average Bonchev–Trinajstić information content (AvgIpc) is 2.63. The third kappa shape index (κ3) is 6.86. The van der Waals surface area contributed by atoms with Gasteiger partial charge in [0.2, 0.25) is 0 Å². The molecule has 0 saturated carbocycles. The van der Waals surface area contributed by atoms with Crippen LogP contribution < -0.4 is 5.32 Å². The molecule has 142 valence electrons. The second-order valence-electron chi connectivity index (χ2n) is 5.81. The van der Waals surface area contributed by atoms with Crippen LogP contribution in [0.3, 0.4) is 0 Å². The molecule has 0 aliphatic rings. The van der Waals surface area contributed by atoms with Gasteiger partial charge in [-0.1, -0.05) is 12.1 Å². The third-order valence-electron chi connectivity index (χ3n) is 3.60. The first kappa shape index (κ1) is 20.6. The monoisotopic (exact) mass is 389 g/mol. The molecule has 0 fully saturated rings. The number of thioether (sulfide) groups is 1. The number of benzene rings is 2. The molecule has 0 unspecified atom stereocenters. The van der Waals surface area contributed by atoms with E-state index >= 15 is 0 Å². The number of carbonyl (C=O) groups excluding carboxylic acids is 3. The summed E-state index contributed by atoms with van der Waals surface area (Å²) in [5, 5.41) is 2.62. The number of hydrogen-bond acceptors (Lipinski definition) is 5. The van der Waals surface area contributed by atoms with Crippen LogP contribution in [0, 0.1) is 5.82 Å². The number of rotatable bonds is 8. The summed E-state index contributed by atoms with van der Waals surface area (Å²) in [6.07, 6.45) is -0.839. The maximum Gasteiger partial charge on any atom is 0.307 e. The summed E-state index contributed by atoms with van der Waals surface area (Å²) in [4.78, 5) is 36.2. The average molecular weight is 389 g/mol. The van der Waals surface area contributed by atoms with Gasteiger partial charge in [0.15, 0.2) is 11.9 Å². The molecule has 1 atom stereocenters. The van der Waals surface area contributed by atoms with Gasteiger partial charge in [-0.2, -0.15) is 0 Å². The van der Waals surface area contributed by atoms with Crippen molar-refractivity contribution in [2.75, 3.05) is 11.1 Å². The van der Waals surface area contributed by atoms with Gasteiger partial charge in [0.1, 0.15) is 5.82 Å². The molecule has 0 bridgehead atoms. The van der Waals surface area contributed by atoms with Gasteiger partial charge >= 0.3 is 5.97 Å². The maximum atomic E-state index is 12.8. The van der Waals surface area contributed by atoms with Crippen LogP contribution >= 0.6 is 11.8 Å². The quantitative estimate of drug-likeness (QED) is 0.418. The van der Waals surface area contributed by atoms with Gasteiger partial charge in [0, 0.05) is 21.9 Å². The van der Waals surface area contributed by atoms with Crippen LogP contribution in [0.25, 0.3) is 0 Å². The Balaban J connectivity index is 1.77. The Morgan fingerprint density at radius 3 is 2.52 bits per heavy atom. The zero-order valence-electron chi connectivity index (χ0n) is 15.0. The van der Waals surface area contributed by atoms with Crippen molar-refractivity contribution in [2.45, 2.75) is 31.3 Å². The van der Waals surface area contributed by atoms with Crippen molar-refractivity contribution in [2.24, 2.45) is 0 Å². The molecule has 1 N–H and O–H groups in total. The standard InChI is InChI=1S/C20H20FNO4S/c1-13(23)15-4-3-5-17(12-15)22-20(25)14(2)26-19(24)10-11-27-18-8-6-16(21)7-9-18/h3-9,12,14H,10-11H2,1-2H3,(H,22,25)/t14-/m1/s1. The number of amides is 1. The molecule has 0 heterocycles. The maximum absolute atomic E-state index is 12.8. The second kappa shape index (κ2) is 9.87. The minimum atomic E-state index is -0.964. The Morgan fingerprint density at radius 1 is 1.15 bits per heavy atom. The van der Waals surface area contributed by atoms with Crippen LogP contribution in [0.1, 0.15) is 30.6 Å². The fourth-order valence-electron chi connectivity index (χ4n) is 2.15. The first-order valence-electron chi connectivity index (χ1n) is 8.35. The van der Waals surface area contributed by atoms with Crippen LogP contribution in [0.4, 0.5) is 10.1 Å². The molecule has 0 spiro atoms. The minimum Gasteiger partial charge on any atom is -0.453 e. The number of ether oxygens (including phenoxy) is 1. The first-order chi connectivity index (χ1) is 12.8. The number of Topliss-reactive ketones (excluding diaryl/α,β-unsaturated/α-hetero) is 1. The van der Waals surface area contributed by atoms with Gasteiger partial charge in [-0.3, -0.25) is 14.4 Å². The number of hydrogen-bond donors (Lipinski definition) is 1. The van der Waals surface area contributed by atoms with Gasteiger partial charge in [-0.25, -0.2) is 4.39 Å². The summed E-state index contributed by atoms with van der Waals surface area (Å²) >= 11 is 1.40. The highest BCUT2D eigenvalue weighted by Crippen LogP contribution is 2.19. The third-order valence-corrected chi connectivity index (χ3v) is 4.62. The molecule has 7 heteroatoms. The van der Waals surface area contributed by atoms with Crippen LogP contribution in [0.5, 0.6) is 0 Å². The minimum absolute atomic E-state index is 0.107. The lowest BCUT2D eigenvalue weighted by molar-refractivity contribution is -0.152.